The molecule has 2 rings (SSSR count). The van der Waals surface area contributed by atoms with Gasteiger partial charge in [-0.3, -0.25) is 0 Å². The number of rotatable bonds is 3. The van der Waals surface area contributed by atoms with E-state index >= 15 is 0 Å². The third kappa shape index (κ3) is 3.12. The molecular weight excluding hydrogens is 358 g/mol. The highest BCUT2D eigenvalue weighted by Crippen LogP contribution is 2.27. The van der Waals surface area contributed by atoms with Crippen LogP contribution in [0.15, 0.2) is 46.9 Å². The van der Waals surface area contributed by atoms with Gasteiger partial charge < -0.3 is 4.74 Å². The van der Waals surface area contributed by atoms with E-state index in [9.17, 15) is 0 Å². The Balaban J connectivity index is 2.29. The summed E-state index contributed by atoms with van der Waals surface area (Å²) < 4.78 is 6.69. The topological polar surface area (TPSA) is 33.0 Å². The monoisotopic (exact) mass is 365 g/mol. The van der Waals surface area contributed by atoms with Crippen LogP contribution in [-0.2, 0) is 5.33 Å². The molecule has 4 heteroatoms. The molecule has 0 saturated carbocycles. The molecule has 0 N–H and O–H groups in total. The Labute approximate surface area is 122 Å². The maximum Gasteiger partial charge on any atom is 0.145 e. The smallest absolute Gasteiger partial charge is 0.145 e. The molecule has 0 bridgehead atoms. The molecule has 0 radical (unpaired) electrons. The van der Waals surface area contributed by atoms with Gasteiger partial charge in [0.1, 0.15) is 17.6 Å². The van der Waals surface area contributed by atoms with Crippen molar-refractivity contribution < 1.29 is 4.74 Å². The van der Waals surface area contributed by atoms with E-state index in [4.69, 9.17) is 10.00 Å². The molecule has 2 aromatic carbocycles. The largest absolute Gasteiger partial charge is 0.456 e. The summed E-state index contributed by atoms with van der Waals surface area (Å²) in [6, 6.07) is 15.2. The minimum atomic E-state index is 0.537. The fourth-order valence-corrected chi connectivity index (χ4v) is 2.08. The van der Waals surface area contributed by atoms with E-state index in [2.05, 4.69) is 37.9 Å². The van der Waals surface area contributed by atoms with Crippen LogP contribution in [0.25, 0.3) is 0 Å². The molecule has 0 unspecified atom stereocenters. The van der Waals surface area contributed by atoms with Crippen LogP contribution in [-0.4, -0.2) is 0 Å². The van der Waals surface area contributed by atoms with Crippen molar-refractivity contribution >= 4 is 31.9 Å². The first-order valence-corrected chi connectivity index (χ1v) is 7.17. The molecule has 18 heavy (non-hydrogen) atoms. The molecule has 0 aromatic heterocycles. The van der Waals surface area contributed by atoms with Crippen molar-refractivity contribution in [2.75, 3.05) is 0 Å². The number of ether oxygens (including phenoxy) is 1. The molecule has 90 valence electrons. The molecule has 0 aliphatic heterocycles. The molecule has 0 heterocycles. The van der Waals surface area contributed by atoms with Crippen LogP contribution in [0, 0.1) is 11.3 Å². The van der Waals surface area contributed by atoms with Crippen molar-refractivity contribution in [2.45, 2.75) is 5.33 Å². The maximum atomic E-state index is 9.11. The molecule has 2 nitrogen and oxygen atoms in total. The zero-order chi connectivity index (χ0) is 13.0. The number of nitrogens with zero attached hydrogens (tertiary/aromatic N) is 1. The standard InChI is InChI=1S/C14H9Br2NO/c15-8-10-1-6-14(11(7-10)9-17)18-13-4-2-12(16)3-5-13/h1-7H,8H2. The highest BCUT2D eigenvalue weighted by atomic mass is 79.9. The summed E-state index contributed by atoms with van der Waals surface area (Å²) in [5.41, 5.74) is 1.59. The summed E-state index contributed by atoms with van der Waals surface area (Å²) in [6.07, 6.45) is 0. The van der Waals surface area contributed by atoms with Gasteiger partial charge in [0, 0.05) is 9.80 Å². The highest BCUT2D eigenvalue weighted by Gasteiger charge is 2.05. The minimum Gasteiger partial charge on any atom is -0.456 e. The second-order valence-corrected chi connectivity index (χ2v) is 5.11. The van der Waals surface area contributed by atoms with Crippen molar-refractivity contribution in [3.8, 4) is 17.6 Å². The fourth-order valence-electron chi connectivity index (χ4n) is 1.47. The number of halogens is 2. The first-order chi connectivity index (χ1) is 8.72. The summed E-state index contributed by atoms with van der Waals surface area (Å²) >= 11 is 6.73. The lowest BCUT2D eigenvalue weighted by Gasteiger charge is -2.08. The number of benzene rings is 2. The average molecular weight is 367 g/mol. The summed E-state index contributed by atoms with van der Waals surface area (Å²) in [5.74, 6) is 1.28. The van der Waals surface area contributed by atoms with Crippen LogP contribution in [0.4, 0.5) is 0 Å². The van der Waals surface area contributed by atoms with Crippen molar-refractivity contribution in [1.29, 1.82) is 5.26 Å². The Morgan fingerprint density at radius 2 is 1.83 bits per heavy atom. The van der Waals surface area contributed by atoms with Crippen LogP contribution < -0.4 is 4.74 Å². The third-order valence-electron chi connectivity index (χ3n) is 2.36. The molecule has 0 atom stereocenters. The molecule has 0 spiro atoms. The predicted molar refractivity (Wildman–Crippen MR) is 78.0 cm³/mol. The minimum absolute atomic E-state index is 0.537. The maximum absolute atomic E-state index is 9.11. The van der Waals surface area contributed by atoms with E-state index in [0.29, 0.717) is 17.1 Å². The van der Waals surface area contributed by atoms with Gasteiger partial charge in [0.2, 0.25) is 0 Å². The van der Waals surface area contributed by atoms with E-state index in [0.717, 1.165) is 15.4 Å². The zero-order valence-electron chi connectivity index (χ0n) is 9.36. The quantitative estimate of drug-likeness (QED) is 0.715. The lowest BCUT2D eigenvalue weighted by molar-refractivity contribution is 0.481. The van der Waals surface area contributed by atoms with Crippen molar-refractivity contribution in [3.63, 3.8) is 0 Å². The van der Waals surface area contributed by atoms with Crippen molar-refractivity contribution in [3.05, 3.63) is 58.1 Å². The normalized spacial score (nSPS) is 9.83. The zero-order valence-corrected chi connectivity index (χ0v) is 12.5. The highest BCUT2D eigenvalue weighted by molar-refractivity contribution is 9.10. The van der Waals surface area contributed by atoms with Crippen LogP contribution >= 0.6 is 31.9 Å². The van der Waals surface area contributed by atoms with Gasteiger partial charge in [-0.2, -0.15) is 5.26 Å². The van der Waals surface area contributed by atoms with E-state index in [1.54, 1.807) is 0 Å². The molecule has 0 aliphatic rings. The van der Waals surface area contributed by atoms with Gasteiger partial charge in [-0.15, -0.1) is 0 Å². The van der Waals surface area contributed by atoms with Crippen LogP contribution in [0.1, 0.15) is 11.1 Å². The molecule has 0 aliphatic carbocycles. The molecule has 2 aromatic rings. The van der Waals surface area contributed by atoms with Gasteiger partial charge >= 0.3 is 0 Å². The average Bonchev–Trinajstić information content (AvgIpc) is 2.41. The second kappa shape index (κ2) is 6.03. The predicted octanol–water partition coefficient (Wildman–Crippen LogP) is 5.01. The number of nitriles is 1. The van der Waals surface area contributed by atoms with Crippen LogP contribution in [0.3, 0.4) is 0 Å². The SMILES string of the molecule is N#Cc1cc(CBr)ccc1Oc1ccc(Br)cc1. The van der Waals surface area contributed by atoms with E-state index in [-0.39, 0.29) is 0 Å². The Kier molecular flexibility index (Phi) is 4.40. The van der Waals surface area contributed by atoms with Crippen molar-refractivity contribution in [1.82, 2.24) is 0 Å². The fraction of sp³-hybridized carbons (Fsp3) is 0.0714. The molecular formula is C14H9Br2NO. The third-order valence-corrected chi connectivity index (χ3v) is 3.54. The number of alkyl halides is 1. The van der Waals surface area contributed by atoms with Crippen molar-refractivity contribution in [2.24, 2.45) is 0 Å². The van der Waals surface area contributed by atoms with E-state index in [1.807, 2.05) is 42.5 Å². The molecule has 0 amide bonds. The van der Waals surface area contributed by atoms with E-state index < -0.39 is 0 Å². The summed E-state index contributed by atoms with van der Waals surface area (Å²) in [4.78, 5) is 0. The number of hydrogen-bond acceptors (Lipinski definition) is 2. The first-order valence-electron chi connectivity index (χ1n) is 5.25. The van der Waals surface area contributed by atoms with E-state index in [1.165, 1.54) is 0 Å². The molecule has 0 fully saturated rings. The summed E-state index contributed by atoms with van der Waals surface area (Å²) in [6.45, 7) is 0. The lowest BCUT2D eigenvalue weighted by Crippen LogP contribution is -1.89. The van der Waals surface area contributed by atoms with Gasteiger partial charge in [0.25, 0.3) is 0 Å². The summed E-state index contributed by atoms with van der Waals surface area (Å²) in [5, 5.41) is 9.83. The lowest BCUT2D eigenvalue weighted by atomic mass is 10.1. The number of hydrogen-bond donors (Lipinski definition) is 0. The van der Waals surface area contributed by atoms with Gasteiger partial charge in [0.15, 0.2) is 0 Å². The van der Waals surface area contributed by atoms with Gasteiger partial charge in [-0.05, 0) is 42.0 Å². The van der Waals surface area contributed by atoms with Gasteiger partial charge in [0.05, 0.1) is 5.56 Å². The first kappa shape index (κ1) is 13.1. The van der Waals surface area contributed by atoms with Crippen LogP contribution in [0.2, 0.25) is 0 Å². The second-order valence-electron chi connectivity index (χ2n) is 3.63. The van der Waals surface area contributed by atoms with Gasteiger partial charge in [-0.25, -0.2) is 0 Å². The Hall–Kier alpha value is -1.31. The molecule has 0 saturated heterocycles. The Bertz CT molecular complexity index is 588. The Morgan fingerprint density at radius 1 is 1.11 bits per heavy atom. The van der Waals surface area contributed by atoms with Crippen LogP contribution in [0.5, 0.6) is 11.5 Å². The Morgan fingerprint density at radius 3 is 2.44 bits per heavy atom. The summed E-state index contributed by atoms with van der Waals surface area (Å²) in [7, 11) is 0. The van der Waals surface area contributed by atoms with Gasteiger partial charge in [-0.1, -0.05) is 37.9 Å².